The fraction of sp³-hybridized carbons (Fsp3) is 0.625. The van der Waals surface area contributed by atoms with Gasteiger partial charge in [-0.2, -0.15) is 0 Å². The SMILES string of the molecule is C[C@@H](NCC[C@H]1CCCO1)c1ccc(S(=O)(=O)N(C)C)cc1. The molecule has 0 saturated carbocycles. The summed E-state index contributed by atoms with van der Waals surface area (Å²) in [5, 5.41) is 3.47. The van der Waals surface area contributed by atoms with Gasteiger partial charge in [0, 0.05) is 26.7 Å². The third kappa shape index (κ3) is 4.29. The zero-order valence-corrected chi connectivity index (χ0v) is 14.4. The van der Waals surface area contributed by atoms with Crippen molar-refractivity contribution in [2.45, 2.75) is 43.2 Å². The molecule has 0 unspecified atom stereocenters. The molecule has 0 bridgehead atoms. The number of hydrogen-bond donors (Lipinski definition) is 1. The molecule has 124 valence electrons. The minimum atomic E-state index is -3.35. The lowest BCUT2D eigenvalue weighted by atomic mass is 10.1. The Morgan fingerprint density at radius 2 is 2.00 bits per heavy atom. The molecule has 1 heterocycles. The molecule has 0 amide bonds. The van der Waals surface area contributed by atoms with Crippen LogP contribution in [0.4, 0.5) is 0 Å². The fourth-order valence-corrected chi connectivity index (χ4v) is 3.49. The van der Waals surface area contributed by atoms with Gasteiger partial charge in [-0.25, -0.2) is 12.7 Å². The van der Waals surface area contributed by atoms with Crippen molar-refractivity contribution in [3.8, 4) is 0 Å². The molecule has 1 aliphatic heterocycles. The van der Waals surface area contributed by atoms with Crippen molar-refractivity contribution in [1.29, 1.82) is 0 Å². The molecular weight excluding hydrogens is 300 g/mol. The Morgan fingerprint density at radius 1 is 1.32 bits per heavy atom. The summed E-state index contributed by atoms with van der Waals surface area (Å²) in [5.74, 6) is 0. The van der Waals surface area contributed by atoms with Gasteiger partial charge < -0.3 is 10.1 Å². The molecule has 1 aromatic carbocycles. The van der Waals surface area contributed by atoms with Crippen molar-refractivity contribution in [2.24, 2.45) is 0 Å². The molecule has 2 atom stereocenters. The van der Waals surface area contributed by atoms with E-state index in [0.29, 0.717) is 11.0 Å². The van der Waals surface area contributed by atoms with E-state index in [4.69, 9.17) is 4.74 Å². The van der Waals surface area contributed by atoms with Gasteiger partial charge in [0.25, 0.3) is 0 Å². The second kappa shape index (κ2) is 7.55. The zero-order valence-electron chi connectivity index (χ0n) is 13.6. The average Bonchev–Trinajstić information content (AvgIpc) is 3.00. The lowest BCUT2D eigenvalue weighted by molar-refractivity contribution is 0.103. The molecule has 0 spiro atoms. The molecule has 1 fully saturated rings. The minimum absolute atomic E-state index is 0.192. The first-order chi connectivity index (χ1) is 10.4. The summed E-state index contributed by atoms with van der Waals surface area (Å²) in [4.78, 5) is 0.327. The van der Waals surface area contributed by atoms with Crippen LogP contribution in [0.2, 0.25) is 0 Å². The number of sulfonamides is 1. The molecule has 1 aliphatic rings. The van der Waals surface area contributed by atoms with Crippen molar-refractivity contribution in [1.82, 2.24) is 9.62 Å². The second-order valence-electron chi connectivity index (χ2n) is 5.96. The van der Waals surface area contributed by atoms with Crippen LogP contribution in [0.5, 0.6) is 0 Å². The molecular formula is C16H26N2O3S. The van der Waals surface area contributed by atoms with Crippen LogP contribution in [0.15, 0.2) is 29.2 Å². The normalized spacial score (nSPS) is 20.5. The first-order valence-electron chi connectivity index (χ1n) is 7.78. The van der Waals surface area contributed by atoms with Gasteiger partial charge in [0.15, 0.2) is 0 Å². The van der Waals surface area contributed by atoms with Gasteiger partial charge in [-0.1, -0.05) is 12.1 Å². The molecule has 5 nitrogen and oxygen atoms in total. The van der Waals surface area contributed by atoms with Crippen LogP contribution in [0.3, 0.4) is 0 Å². The number of hydrogen-bond acceptors (Lipinski definition) is 4. The van der Waals surface area contributed by atoms with Gasteiger partial charge in [0.1, 0.15) is 0 Å². The Morgan fingerprint density at radius 3 is 2.55 bits per heavy atom. The van der Waals surface area contributed by atoms with Crippen LogP contribution < -0.4 is 5.32 Å². The Bertz CT molecular complexity index is 564. The maximum Gasteiger partial charge on any atom is 0.242 e. The van der Waals surface area contributed by atoms with Crippen LogP contribution in [0.25, 0.3) is 0 Å². The quantitative estimate of drug-likeness (QED) is 0.834. The van der Waals surface area contributed by atoms with E-state index in [0.717, 1.165) is 31.6 Å². The lowest BCUT2D eigenvalue weighted by Gasteiger charge is -2.17. The predicted molar refractivity (Wildman–Crippen MR) is 87.3 cm³/mol. The van der Waals surface area contributed by atoms with Crippen molar-refractivity contribution in [3.63, 3.8) is 0 Å². The maximum atomic E-state index is 12.0. The molecule has 6 heteroatoms. The van der Waals surface area contributed by atoms with Crippen molar-refractivity contribution in [2.75, 3.05) is 27.2 Å². The van der Waals surface area contributed by atoms with Crippen LogP contribution in [0.1, 0.15) is 37.8 Å². The van der Waals surface area contributed by atoms with E-state index in [-0.39, 0.29) is 6.04 Å². The molecule has 0 aromatic heterocycles. The van der Waals surface area contributed by atoms with Crippen molar-refractivity contribution >= 4 is 10.0 Å². The van der Waals surface area contributed by atoms with Gasteiger partial charge in [-0.3, -0.25) is 0 Å². The summed E-state index contributed by atoms with van der Waals surface area (Å²) in [7, 11) is -0.271. The van der Waals surface area contributed by atoms with E-state index < -0.39 is 10.0 Å². The Hall–Kier alpha value is -0.950. The highest BCUT2D eigenvalue weighted by molar-refractivity contribution is 7.89. The maximum absolute atomic E-state index is 12.0. The van der Waals surface area contributed by atoms with Gasteiger partial charge in [0.2, 0.25) is 10.0 Å². The Balaban J connectivity index is 1.89. The highest BCUT2D eigenvalue weighted by Crippen LogP contribution is 2.19. The topological polar surface area (TPSA) is 58.6 Å². The summed E-state index contributed by atoms with van der Waals surface area (Å²) in [6.07, 6.45) is 3.75. The predicted octanol–water partition coefficient (Wildman–Crippen LogP) is 2.16. The monoisotopic (exact) mass is 326 g/mol. The largest absolute Gasteiger partial charge is 0.378 e. The average molecular weight is 326 g/mol. The Kier molecular flexibility index (Phi) is 5.97. The van der Waals surface area contributed by atoms with Gasteiger partial charge in [-0.15, -0.1) is 0 Å². The smallest absolute Gasteiger partial charge is 0.242 e. The lowest BCUT2D eigenvalue weighted by Crippen LogP contribution is -2.24. The van der Waals surface area contributed by atoms with Crippen molar-refractivity contribution in [3.05, 3.63) is 29.8 Å². The van der Waals surface area contributed by atoms with E-state index in [9.17, 15) is 8.42 Å². The summed E-state index contributed by atoms with van der Waals surface area (Å²) < 4.78 is 30.9. The van der Waals surface area contributed by atoms with Crippen LogP contribution in [-0.2, 0) is 14.8 Å². The van der Waals surface area contributed by atoms with Crippen LogP contribution in [-0.4, -0.2) is 46.1 Å². The van der Waals surface area contributed by atoms with Crippen LogP contribution in [0, 0.1) is 0 Å². The third-order valence-electron chi connectivity index (χ3n) is 4.10. The highest BCUT2D eigenvalue weighted by atomic mass is 32.2. The molecule has 1 saturated heterocycles. The summed E-state index contributed by atoms with van der Waals surface area (Å²) >= 11 is 0. The second-order valence-corrected chi connectivity index (χ2v) is 8.11. The number of rotatable bonds is 7. The standard InChI is InChI=1S/C16H26N2O3S/c1-13(17-11-10-15-5-4-12-21-15)14-6-8-16(9-7-14)22(19,20)18(2)3/h6-9,13,15,17H,4-5,10-12H2,1-3H3/t13-,15-/m1/s1. The van der Waals surface area contributed by atoms with E-state index in [1.165, 1.54) is 10.7 Å². The van der Waals surface area contributed by atoms with E-state index in [1.54, 1.807) is 26.2 Å². The van der Waals surface area contributed by atoms with Gasteiger partial charge in [0.05, 0.1) is 11.0 Å². The third-order valence-corrected chi connectivity index (χ3v) is 5.93. The molecule has 2 rings (SSSR count). The number of nitrogens with one attached hydrogen (secondary N) is 1. The van der Waals surface area contributed by atoms with E-state index in [2.05, 4.69) is 12.2 Å². The first kappa shape index (κ1) is 17.4. The fourth-order valence-electron chi connectivity index (χ4n) is 2.59. The molecule has 0 aliphatic carbocycles. The summed E-state index contributed by atoms with van der Waals surface area (Å²) in [6.45, 7) is 3.89. The van der Waals surface area contributed by atoms with Gasteiger partial charge in [-0.05, 0) is 50.4 Å². The minimum Gasteiger partial charge on any atom is -0.378 e. The number of nitrogens with zero attached hydrogens (tertiary/aromatic N) is 1. The molecule has 22 heavy (non-hydrogen) atoms. The van der Waals surface area contributed by atoms with E-state index >= 15 is 0 Å². The Labute approximate surface area is 133 Å². The van der Waals surface area contributed by atoms with Crippen LogP contribution >= 0.6 is 0 Å². The number of ether oxygens (including phenoxy) is 1. The van der Waals surface area contributed by atoms with Gasteiger partial charge >= 0.3 is 0 Å². The van der Waals surface area contributed by atoms with E-state index in [1.807, 2.05) is 12.1 Å². The zero-order chi connectivity index (χ0) is 16.2. The first-order valence-corrected chi connectivity index (χ1v) is 9.23. The number of benzene rings is 1. The highest BCUT2D eigenvalue weighted by Gasteiger charge is 2.18. The summed E-state index contributed by atoms with van der Waals surface area (Å²) in [6, 6.07) is 7.28. The molecule has 1 aromatic rings. The van der Waals surface area contributed by atoms with Crippen molar-refractivity contribution < 1.29 is 13.2 Å². The molecule has 1 N–H and O–H groups in total. The molecule has 0 radical (unpaired) electrons. The summed E-state index contributed by atoms with van der Waals surface area (Å²) in [5.41, 5.74) is 1.09.